The standard InChI is InChI=1S/C15H11F3N4OS/c1-22-14(9-7-8(24)4-5-11(9)23)20-13(21-22)12-10(15(16,17)18)3-2-6-19-12/h2-7,23-24H,1H3. The van der Waals surface area contributed by atoms with Crippen molar-refractivity contribution in [1.82, 2.24) is 19.7 Å². The highest BCUT2D eigenvalue weighted by molar-refractivity contribution is 7.80. The van der Waals surface area contributed by atoms with Crippen molar-refractivity contribution in [3.05, 3.63) is 42.1 Å². The molecule has 0 saturated carbocycles. The third kappa shape index (κ3) is 2.94. The summed E-state index contributed by atoms with van der Waals surface area (Å²) in [6, 6.07) is 6.68. The maximum absolute atomic E-state index is 13.1. The lowest BCUT2D eigenvalue weighted by molar-refractivity contribution is -0.137. The van der Waals surface area contributed by atoms with E-state index in [1.54, 1.807) is 12.1 Å². The number of aryl methyl sites for hydroxylation is 1. The lowest BCUT2D eigenvalue weighted by Gasteiger charge is -2.08. The highest BCUT2D eigenvalue weighted by atomic mass is 32.1. The summed E-state index contributed by atoms with van der Waals surface area (Å²) < 4.78 is 40.7. The quantitative estimate of drug-likeness (QED) is 0.692. The van der Waals surface area contributed by atoms with Gasteiger partial charge >= 0.3 is 6.18 Å². The Morgan fingerprint density at radius 2 is 1.96 bits per heavy atom. The first-order valence-corrected chi connectivity index (χ1v) is 7.18. The zero-order valence-corrected chi connectivity index (χ0v) is 13.2. The van der Waals surface area contributed by atoms with Crippen LogP contribution in [0.25, 0.3) is 22.9 Å². The topological polar surface area (TPSA) is 63.8 Å². The van der Waals surface area contributed by atoms with Crippen LogP contribution in [-0.2, 0) is 13.2 Å². The van der Waals surface area contributed by atoms with Crippen molar-refractivity contribution in [2.24, 2.45) is 7.05 Å². The number of hydrogen-bond acceptors (Lipinski definition) is 5. The second-order valence-electron chi connectivity index (χ2n) is 4.98. The molecular weight excluding hydrogens is 341 g/mol. The molecule has 5 nitrogen and oxygen atoms in total. The predicted molar refractivity (Wildman–Crippen MR) is 83.6 cm³/mol. The lowest BCUT2D eigenvalue weighted by Crippen LogP contribution is -2.08. The zero-order valence-electron chi connectivity index (χ0n) is 12.3. The van der Waals surface area contributed by atoms with E-state index in [0.29, 0.717) is 10.5 Å². The van der Waals surface area contributed by atoms with Gasteiger partial charge in [-0.15, -0.1) is 17.7 Å². The zero-order chi connectivity index (χ0) is 17.5. The van der Waals surface area contributed by atoms with Gasteiger partial charge in [0.05, 0.1) is 11.1 Å². The van der Waals surface area contributed by atoms with Gasteiger partial charge in [-0.1, -0.05) is 0 Å². The Morgan fingerprint density at radius 3 is 2.67 bits per heavy atom. The first-order valence-electron chi connectivity index (χ1n) is 6.73. The predicted octanol–water partition coefficient (Wildman–Crippen LogP) is 3.56. The molecule has 2 aromatic heterocycles. The van der Waals surface area contributed by atoms with E-state index >= 15 is 0 Å². The largest absolute Gasteiger partial charge is 0.507 e. The van der Waals surface area contributed by atoms with E-state index in [2.05, 4.69) is 27.7 Å². The second kappa shape index (κ2) is 5.82. The first kappa shape index (κ1) is 16.3. The third-order valence-corrected chi connectivity index (χ3v) is 3.59. The van der Waals surface area contributed by atoms with Crippen molar-refractivity contribution in [2.45, 2.75) is 11.1 Å². The monoisotopic (exact) mass is 352 g/mol. The minimum absolute atomic E-state index is 0.0769. The third-order valence-electron chi connectivity index (χ3n) is 3.31. The number of phenols is 1. The fraction of sp³-hybridized carbons (Fsp3) is 0.133. The van der Waals surface area contributed by atoms with Gasteiger partial charge in [0.2, 0.25) is 5.82 Å². The molecule has 0 bridgehead atoms. The Hall–Kier alpha value is -2.55. The van der Waals surface area contributed by atoms with Gasteiger partial charge in [0, 0.05) is 18.1 Å². The second-order valence-corrected chi connectivity index (χ2v) is 5.50. The smallest absolute Gasteiger partial charge is 0.418 e. The molecule has 0 aliphatic rings. The van der Waals surface area contributed by atoms with Crippen molar-refractivity contribution < 1.29 is 18.3 Å². The molecule has 1 N–H and O–H groups in total. The van der Waals surface area contributed by atoms with Crippen LogP contribution in [0.15, 0.2) is 41.4 Å². The Kier molecular flexibility index (Phi) is 3.96. The van der Waals surface area contributed by atoms with Crippen LogP contribution in [-0.4, -0.2) is 24.9 Å². The average Bonchev–Trinajstić information content (AvgIpc) is 2.90. The number of pyridine rings is 1. The summed E-state index contributed by atoms with van der Waals surface area (Å²) in [5.74, 6) is -0.0477. The molecule has 1 aromatic carbocycles. The van der Waals surface area contributed by atoms with Gasteiger partial charge in [-0.05, 0) is 30.3 Å². The van der Waals surface area contributed by atoms with Gasteiger partial charge in [0.15, 0.2) is 5.82 Å². The summed E-state index contributed by atoms with van der Waals surface area (Å²) in [6.07, 6.45) is -3.33. The molecule has 2 heterocycles. The maximum Gasteiger partial charge on any atom is 0.418 e. The molecular formula is C15H11F3N4OS. The molecule has 0 unspecified atom stereocenters. The van der Waals surface area contributed by atoms with E-state index in [9.17, 15) is 18.3 Å². The van der Waals surface area contributed by atoms with Crippen LogP contribution in [0.1, 0.15) is 5.56 Å². The molecule has 3 aromatic rings. The fourth-order valence-corrected chi connectivity index (χ4v) is 2.44. The van der Waals surface area contributed by atoms with Gasteiger partial charge in [-0.25, -0.2) is 9.67 Å². The molecule has 9 heteroatoms. The molecule has 0 atom stereocenters. The summed E-state index contributed by atoms with van der Waals surface area (Å²) in [7, 11) is 1.52. The van der Waals surface area contributed by atoms with Gasteiger partial charge in [0.1, 0.15) is 11.4 Å². The summed E-state index contributed by atoms with van der Waals surface area (Å²) >= 11 is 4.19. The van der Waals surface area contributed by atoms with Crippen LogP contribution < -0.4 is 0 Å². The van der Waals surface area contributed by atoms with Gasteiger partial charge < -0.3 is 5.11 Å². The van der Waals surface area contributed by atoms with Crippen LogP contribution in [0.3, 0.4) is 0 Å². The van der Waals surface area contributed by atoms with Crippen molar-refractivity contribution in [3.8, 4) is 28.7 Å². The number of nitrogens with zero attached hydrogens (tertiary/aromatic N) is 4. The van der Waals surface area contributed by atoms with Gasteiger partial charge in [0.25, 0.3) is 0 Å². The number of rotatable bonds is 2. The number of benzene rings is 1. The molecule has 0 saturated heterocycles. The van der Waals surface area contributed by atoms with E-state index < -0.39 is 11.7 Å². The molecule has 124 valence electrons. The van der Waals surface area contributed by atoms with Gasteiger partial charge in [-0.2, -0.15) is 13.2 Å². The van der Waals surface area contributed by atoms with E-state index in [4.69, 9.17) is 0 Å². The normalized spacial score (nSPS) is 11.7. The molecule has 3 rings (SSSR count). The maximum atomic E-state index is 13.1. The van der Waals surface area contributed by atoms with Crippen LogP contribution in [0.4, 0.5) is 13.2 Å². The summed E-state index contributed by atoms with van der Waals surface area (Å²) in [5.41, 5.74) is -0.976. The van der Waals surface area contributed by atoms with Crippen LogP contribution in [0.5, 0.6) is 5.75 Å². The fourth-order valence-electron chi connectivity index (χ4n) is 2.23. The number of alkyl halides is 3. The number of halogens is 3. The first-order chi connectivity index (χ1) is 11.3. The summed E-state index contributed by atoms with van der Waals surface area (Å²) in [6.45, 7) is 0. The molecule has 0 aliphatic carbocycles. The van der Waals surface area contributed by atoms with Gasteiger partial charge in [-0.3, -0.25) is 4.98 Å². The average molecular weight is 352 g/mol. The highest BCUT2D eigenvalue weighted by Gasteiger charge is 2.35. The molecule has 24 heavy (non-hydrogen) atoms. The Morgan fingerprint density at radius 1 is 1.21 bits per heavy atom. The summed E-state index contributed by atoms with van der Waals surface area (Å²) in [4.78, 5) is 8.46. The number of hydrogen-bond donors (Lipinski definition) is 2. The number of thiol groups is 1. The van der Waals surface area contributed by atoms with E-state index in [1.165, 1.54) is 30.1 Å². The molecule has 0 aliphatic heterocycles. The van der Waals surface area contributed by atoms with Crippen molar-refractivity contribution >= 4 is 12.6 Å². The Labute approximate surface area is 140 Å². The Balaban J connectivity index is 2.16. The number of aromatic nitrogens is 4. The SMILES string of the molecule is Cn1nc(-c2ncccc2C(F)(F)F)nc1-c1cc(S)ccc1O. The number of aromatic hydroxyl groups is 1. The minimum atomic E-state index is -4.57. The van der Waals surface area contributed by atoms with E-state index in [0.717, 1.165) is 6.07 Å². The van der Waals surface area contributed by atoms with E-state index in [-0.39, 0.29) is 23.1 Å². The molecule has 0 radical (unpaired) electrons. The van der Waals surface area contributed by atoms with Crippen LogP contribution in [0, 0.1) is 0 Å². The molecule has 0 spiro atoms. The lowest BCUT2D eigenvalue weighted by atomic mass is 10.1. The molecule has 0 fully saturated rings. The van der Waals surface area contributed by atoms with Crippen molar-refractivity contribution in [3.63, 3.8) is 0 Å². The minimum Gasteiger partial charge on any atom is -0.507 e. The highest BCUT2D eigenvalue weighted by Crippen LogP contribution is 2.36. The van der Waals surface area contributed by atoms with Crippen molar-refractivity contribution in [2.75, 3.05) is 0 Å². The number of phenolic OH excluding ortho intramolecular Hbond substituents is 1. The van der Waals surface area contributed by atoms with E-state index in [1.807, 2.05) is 0 Å². The Bertz CT molecular complexity index is 908. The summed E-state index contributed by atoms with van der Waals surface area (Å²) in [5, 5.41) is 14.0. The van der Waals surface area contributed by atoms with Crippen molar-refractivity contribution in [1.29, 1.82) is 0 Å². The molecule has 0 amide bonds. The van der Waals surface area contributed by atoms with Crippen LogP contribution >= 0.6 is 12.6 Å². The van der Waals surface area contributed by atoms with Crippen LogP contribution in [0.2, 0.25) is 0 Å².